The van der Waals surface area contributed by atoms with E-state index in [0.29, 0.717) is 18.1 Å². The molecule has 0 fully saturated rings. The average molecular weight is 724 g/mol. The highest BCUT2D eigenvalue weighted by molar-refractivity contribution is 7.25. The van der Waals surface area contributed by atoms with Gasteiger partial charge in [0.05, 0.1) is 5.41 Å². The minimum Gasteiger partial charge on any atom is -0.456 e. The molecule has 1 atom stereocenters. The maximum absolute atomic E-state index is 6.70. The second-order valence-corrected chi connectivity index (χ2v) is 15.6. The molecule has 0 spiro atoms. The normalized spacial score (nSPS) is 15.3. The van der Waals surface area contributed by atoms with Gasteiger partial charge in [0, 0.05) is 42.2 Å². The Balaban J connectivity index is 1.16. The first-order chi connectivity index (χ1) is 27.1. The van der Waals surface area contributed by atoms with E-state index in [9.17, 15) is 0 Å². The van der Waals surface area contributed by atoms with Crippen molar-refractivity contribution >= 4 is 59.3 Å². The lowest BCUT2D eigenvalue weighted by atomic mass is 9.73. The number of hydrogen-bond donors (Lipinski definition) is 0. The van der Waals surface area contributed by atoms with E-state index in [1.165, 1.54) is 36.7 Å². The van der Waals surface area contributed by atoms with Gasteiger partial charge in [0.1, 0.15) is 17.2 Å². The Kier molecular flexibility index (Phi) is 7.19. The molecular weight excluding hydrogens is 691 g/mol. The largest absolute Gasteiger partial charge is 0.456 e. The molecule has 0 N–H and O–H groups in total. The molecule has 11 rings (SSSR count). The Morgan fingerprint density at radius 2 is 1.27 bits per heavy atom. The number of benzene rings is 7. The molecule has 1 aliphatic rings. The van der Waals surface area contributed by atoms with Gasteiger partial charge in [-0.2, -0.15) is 0 Å². The second-order valence-electron chi connectivity index (χ2n) is 14.6. The van der Waals surface area contributed by atoms with Crippen LogP contribution in [0.4, 0.5) is 0 Å². The van der Waals surface area contributed by atoms with Gasteiger partial charge in [0.15, 0.2) is 11.6 Å². The molecule has 0 amide bonds. The predicted molar refractivity (Wildman–Crippen MR) is 228 cm³/mol. The summed E-state index contributed by atoms with van der Waals surface area (Å²) >= 11 is 1.80. The standard InChI is InChI=1S/C50H33N3OS/c1-50(28-12-23-41-46(50)45-37(20-10-22-40(45)54-41)35-18-9-17-34(29-35)31-13-3-2-4-14-31)49-52-47(36-27-26-32-15-5-6-16-33(32)30-36)51-48(53-49)39-21-11-25-43-44(39)38-19-7-8-24-42(38)55-43/h2-27,29-30H,28H2,1H3. The summed E-state index contributed by atoms with van der Waals surface area (Å²) in [6.45, 7) is 2.27. The average Bonchev–Trinajstić information content (AvgIpc) is 3.83. The summed E-state index contributed by atoms with van der Waals surface area (Å²) in [6.07, 6.45) is 5.03. The lowest BCUT2D eigenvalue weighted by molar-refractivity contribution is 0.509. The van der Waals surface area contributed by atoms with E-state index in [0.717, 1.165) is 55.8 Å². The van der Waals surface area contributed by atoms with Crippen molar-refractivity contribution in [2.45, 2.75) is 18.8 Å². The molecule has 7 aromatic carbocycles. The summed E-state index contributed by atoms with van der Waals surface area (Å²) in [5.74, 6) is 2.89. The predicted octanol–water partition coefficient (Wildman–Crippen LogP) is 13.5. The highest BCUT2D eigenvalue weighted by atomic mass is 32.1. The van der Waals surface area contributed by atoms with Crippen molar-refractivity contribution in [2.24, 2.45) is 0 Å². The molecule has 4 nitrogen and oxygen atoms in total. The van der Waals surface area contributed by atoms with Crippen LogP contribution in [0.2, 0.25) is 0 Å². The third kappa shape index (κ3) is 5.15. The van der Waals surface area contributed by atoms with E-state index >= 15 is 0 Å². The monoisotopic (exact) mass is 723 g/mol. The number of nitrogens with zero attached hydrogens (tertiary/aromatic N) is 3. The van der Waals surface area contributed by atoms with Crippen molar-refractivity contribution in [3.05, 3.63) is 181 Å². The number of furan rings is 1. The molecule has 0 bridgehead atoms. The zero-order valence-electron chi connectivity index (χ0n) is 30.0. The fraction of sp³-hybridized carbons (Fsp3) is 0.0600. The fourth-order valence-corrected chi connectivity index (χ4v) is 9.57. The fourth-order valence-electron chi connectivity index (χ4n) is 8.44. The van der Waals surface area contributed by atoms with Crippen LogP contribution < -0.4 is 0 Å². The first-order valence-electron chi connectivity index (χ1n) is 18.7. The van der Waals surface area contributed by atoms with Crippen LogP contribution in [0.15, 0.2) is 168 Å². The van der Waals surface area contributed by atoms with Gasteiger partial charge >= 0.3 is 0 Å². The van der Waals surface area contributed by atoms with E-state index in [4.69, 9.17) is 19.4 Å². The van der Waals surface area contributed by atoms with Crippen LogP contribution >= 0.6 is 11.3 Å². The van der Waals surface area contributed by atoms with E-state index in [-0.39, 0.29) is 0 Å². The van der Waals surface area contributed by atoms with Gasteiger partial charge < -0.3 is 4.42 Å². The summed E-state index contributed by atoms with van der Waals surface area (Å²) < 4.78 is 9.16. The van der Waals surface area contributed by atoms with E-state index < -0.39 is 5.41 Å². The Hall–Kier alpha value is -6.69. The van der Waals surface area contributed by atoms with Gasteiger partial charge in [0.25, 0.3) is 0 Å². The quantitative estimate of drug-likeness (QED) is 0.177. The molecule has 1 aliphatic carbocycles. The van der Waals surface area contributed by atoms with Crippen LogP contribution in [-0.4, -0.2) is 15.0 Å². The number of rotatable bonds is 5. The number of thiophene rings is 1. The smallest absolute Gasteiger partial charge is 0.164 e. The minimum atomic E-state index is -0.629. The third-order valence-corrected chi connectivity index (χ3v) is 12.3. The van der Waals surface area contributed by atoms with Crippen LogP contribution in [-0.2, 0) is 5.41 Å². The van der Waals surface area contributed by atoms with Gasteiger partial charge in [-0.05, 0) is 82.8 Å². The van der Waals surface area contributed by atoms with Crippen molar-refractivity contribution in [1.82, 2.24) is 15.0 Å². The molecule has 5 heteroatoms. The van der Waals surface area contributed by atoms with Gasteiger partial charge in [0.2, 0.25) is 0 Å². The molecular formula is C50H33N3OS. The summed E-state index contributed by atoms with van der Waals surface area (Å²) in [5, 5.41) is 5.80. The third-order valence-electron chi connectivity index (χ3n) is 11.2. The van der Waals surface area contributed by atoms with Gasteiger partial charge in [-0.1, -0.05) is 133 Å². The number of allylic oxidation sites excluding steroid dienone is 1. The maximum atomic E-state index is 6.70. The molecule has 1 unspecified atom stereocenters. The Labute approximate surface area is 322 Å². The second kappa shape index (κ2) is 12.4. The number of hydrogen-bond acceptors (Lipinski definition) is 5. The topological polar surface area (TPSA) is 51.8 Å². The van der Waals surface area contributed by atoms with Crippen LogP contribution in [0.3, 0.4) is 0 Å². The van der Waals surface area contributed by atoms with Crippen molar-refractivity contribution in [3.63, 3.8) is 0 Å². The first kappa shape index (κ1) is 31.8. The van der Waals surface area contributed by atoms with Gasteiger partial charge in [-0.15, -0.1) is 11.3 Å². The van der Waals surface area contributed by atoms with E-state index in [1.807, 2.05) is 0 Å². The maximum Gasteiger partial charge on any atom is 0.164 e. The Bertz CT molecular complexity index is 3160. The van der Waals surface area contributed by atoms with Gasteiger partial charge in [-0.25, -0.2) is 15.0 Å². The number of fused-ring (bicyclic) bond motifs is 7. The summed E-state index contributed by atoms with van der Waals surface area (Å²) in [4.78, 5) is 16.2. The van der Waals surface area contributed by atoms with E-state index in [1.54, 1.807) is 11.3 Å². The molecule has 0 saturated carbocycles. The zero-order chi connectivity index (χ0) is 36.5. The molecule has 3 heterocycles. The van der Waals surface area contributed by atoms with Gasteiger partial charge in [-0.3, -0.25) is 0 Å². The SMILES string of the molecule is CC1(c2nc(-c3ccc4ccccc4c3)nc(-c3cccc4sc5ccccc5c34)n2)CC=Cc2oc3cccc(-c4cccc(-c5ccccc5)c4)c3c21. The summed E-state index contributed by atoms with van der Waals surface area (Å²) in [6, 6.07) is 55.7. The highest BCUT2D eigenvalue weighted by Gasteiger charge is 2.40. The van der Waals surface area contributed by atoms with Crippen LogP contribution in [0, 0.1) is 0 Å². The molecule has 0 saturated heterocycles. The molecule has 0 radical (unpaired) electrons. The Morgan fingerprint density at radius 3 is 2.20 bits per heavy atom. The summed E-state index contributed by atoms with van der Waals surface area (Å²) in [7, 11) is 0. The molecule has 3 aromatic heterocycles. The summed E-state index contributed by atoms with van der Waals surface area (Å²) in [5.41, 5.74) is 7.91. The van der Waals surface area contributed by atoms with Crippen molar-refractivity contribution in [3.8, 4) is 45.0 Å². The lowest BCUT2D eigenvalue weighted by Crippen LogP contribution is -2.29. The molecule has 55 heavy (non-hydrogen) atoms. The lowest BCUT2D eigenvalue weighted by Gasteiger charge is -2.30. The van der Waals surface area contributed by atoms with Crippen molar-refractivity contribution in [2.75, 3.05) is 0 Å². The van der Waals surface area contributed by atoms with Crippen LogP contribution in [0.5, 0.6) is 0 Å². The van der Waals surface area contributed by atoms with Crippen molar-refractivity contribution in [1.29, 1.82) is 0 Å². The van der Waals surface area contributed by atoms with E-state index in [2.05, 4.69) is 177 Å². The zero-order valence-corrected chi connectivity index (χ0v) is 30.8. The minimum absolute atomic E-state index is 0.629. The van der Waals surface area contributed by atoms with Crippen LogP contribution in [0.1, 0.15) is 30.5 Å². The van der Waals surface area contributed by atoms with Crippen molar-refractivity contribution < 1.29 is 4.42 Å². The highest BCUT2D eigenvalue weighted by Crippen LogP contribution is 2.49. The first-order valence-corrected chi connectivity index (χ1v) is 19.5. The Morgan fingerprint density at radius 1 is 0.545 bits per heavy atom. The molecule has 10 aromatic rings. The number of aromatic nitrogens is 3. The van der Waals surface area contributed by atoms with Crippen LogP contribution in [0.25, 0.3) is 93.0 Å². The molecule has 0 aliphatic heterocycles. The molecule has 260 valence electrons.